The summed E-state index contributed by atoms with van der Waals surface area (Å²) in [5.74, 6) is 0.871. The maximum absolute atomic E-state index is 8.38. The third-order valence-electron chi connectivity index (χ3n) is 1.79. The second-order valence-corrected chi connectivity index (χ2v) is 3.53. The van der Waals surface area contributed by atoms with Gasteiger partial charge in [-0.15, -0.1) is 0 Å². The molecule has 0 aromatic heterocycles. The van der Waals surface area contributed by atoms with Gasteiger partial charge in [-0.05, 0) is 38.1 Å². The van der Waals surface area contributed by atoms with E-state index in [1.54, 1.807) is 0 Å². The molecule has 3 nitrogen and oxygen atoms in total. The fourth-order valence-electron chi connectivity index (χ4n) is 1.19. The molecule has 0 spiro atoms. The Bertz CT molecular complexity index is 324. The Morgan fingerprint density at radius 1 is 1.33 bits per heavy atom. The third-order valence-corrected chi connectivity index (χ3v) is 1.79. The minimum Gasteiger partial charge on any atom is -0.491 e. The van der Waals surface area contributed by atoms with Crippen LogP contribution in [-0.4, -0.2) is 12.6 Å². The smallest absolute Gasteiger partial charge is 0.119 e. The largest absolute Gasteiger partial charge is 0.491 e. The van der Waals surface area contributed by atoms with E-state index in [0.29, 0.717) is 13.0 Å². The Labute approximate surface area is 90.7 Å². The van der Waals surface area contributed by atoms with Crippen molar-refractivity contribution in [1.29, 1.82) is 5.26 Å². The zero-order valence-corrected chi connectivity index (χ0v) is 9.16. The topological polar surface area (TPSA) is 45.0 Å². The maximum Gasteiger partial charge on any atom is 0.119 e. The van der Waals surface area contributed by atoms with Gasteiger partial charge in [0.1, 0.15) is 5.75 Å². The van der Waals surface area contributed by atoms with Crippen LogP contribution >= 0.6 is 0 Å². The van der Waals surface area contributed by atoms with Gasteiger partial charge in [-0.1, -0.05) is 0 Å². The molecule has 0 saturated carbocycles. The molecule has 0 aliphatic heterocycles. The van der Waals surface area contributed by atoms with Gasteiger partial charge in [-0.25, -0.2) is 0 Å². The molecule has 15 heavy (non-hydrogen) atoms. The van der Waals surface area contributed by atoms with Crippen LogP contribution in [0.3, 0.4) is 0 Å². The predicted octanol–water partition coefficient (Wildman–Crippen LogP) is 2.80. The van der Waals surface area contributed by atoms with Gasteiger partial charge in [0, 0.05) is 12.2 Å². The van der Waals surface area contributed by atoms with Crippen molar-refractivity contribution < 1.29 is 4.74 Å². The Morgan fingerprint density at radius 3 is 2.53 bits per heavy atom. The van der Waals surface area contributed by atoms with Crippen LogP contribution in [0.4, 0.5) is 5.69 Å². The van der Waals surface area contributed by atoms with Crippen LogP contribution in [0.2, 0.25) is 0 Å². The molecular formula is C12H16N2O. The maximum atomic E-state index is 8.38. The average Bonchev–Trinajstić information content (AvgIpc) is 2.20. The normalized spacial score (nSPS) is 9.73. The summed E-state index contributed by atoms with van der Waals surface area (Å²) in [6, 6.07) is 9.85. The molecule has 1 rings (SSSR count). The van der Waals surface area contributed by atoms with E-state index in [0.717, 1.165) is 11.4 Å². The van der Waals surface area contributed by atoms with Crippen LogP contribution in [0.15, 0.2) is 24.3 Å². The van der Waals surface area contributed by atoms with Crippen molar-refractivity contribution in [3.8, 4) is 11.8 Å². The SMILES string of the molecule is CC(C)Oc1ccc(NCCC#N)cc1. The standard InChI is InChI=1S/C12H16N2O/c1-10(2)15-12-6-4-11(5-7-12)14-9-3-8-13/h4-7,10,14H,3,9H2,1-2H3. The van der Waals surface area contributed by atoms with Crippen molar-refractivity contribution in [2.45, 2.75) is 26.4 Å². The number of rotatable bonds is 5. The Morgan fingerprint density at radius 2 is 2.00 bits per heavy atom. The van der Waals surface area contributed by atoms with E-state index in [1.807, 2.05) is 38.1 Å². The lowest BCUT2D eigenvalue weighted by molar-refractivity contribution is 0.242. The third kappa shape index (κ3) is 4.37. The Kier molecular flexibility index (Phi) is 4.49. The lowest BCUT2D eigenvalue weighted by Gasteiger charge is -2.10. The summed E-state index contributed by atoms with van der Waals surface area (Å²) >= 11 is 0. The molecule has 0 heterocycles. The monoisotopic (exact) mass is 204 g/mol. The van der Waals surface area contributed by atoms with Gasteiger partial charge in [0.15, 0.2) is 0 Å². The molecule has 3 heteroatoms. The number of anilines is 1. The number of nitriles is 1. The first-order chi connectivity index (χ1) is 7.22. The Balaban J connectivity index is 2.46. The highest BCUT2D eigenvalue weighted by molar-refractivity contribution is 5.46. The van der Waals surface area contributed by atoms with Crippen molar-refractivity contribution in [2.24, 2.45) is 0 Å². The van der Waals surface area contributed by atoms with Gasteiger partial charge in [-0.3, -0.25) is 0 Å². The van der Waals surface area contributed by atoms with E-state index >= 15 is 0 Å². The van der Waals surface area contributed by atoms with Crippen molar-refractivity contribution in [1.82, 2.24) is 0 Å². The molecule has 0 bridgehead atoms. The second kappa shape index (κ2) is 5.92. The Hall–Kier alpha value is -1.69. The number of nitrogens with zero attached hydrogens (tertiary/aromatic N) is 1. The molecule has 0 unspecified atom stereocenters. The number of hydrogen-bond acceptors (Lipinski definition) is 3. The molecule has 0 saturated heterocycles. The number of hydrogen-bond donors (Lipinski definition) is 1. The quantitative estimate of drug-likeness (QED) is 0.750. The molecule has 0 aliphatic carbocycles. The van der Waals surface area contributed by atoms with Crippen molar-refractivity contribution in [2.75, 3.05) is 11.9 Å². The van der Waals surface area contributed by atoms with Gasteiger partial charge in [-0.2, -0.15) is 5.26 Å². The number of ether oxygens (including phenoxy) is 1. The molecule has 0 atom stereocenters. The summed E-state index contributed by atoms with van der Waals surface area (Å²) in [5.41, 5.74) is 1.02. The zero-order chi connectivity index (χ0) is 11.1. The highest BCUT2D eigenvalue weighted by Crippen LogP contribution is 2.16. The molecule has 80 valence electrons. The van der Waals surface area contributed by atoms with Crippen molar-refractivity contribution >= 4 is 5.69 Å². The van der Waals surface area contributed by atoms with Crippen molar-refractivity contribution in [3.63, 3.8) is 0 Å². The lowest BCUT2D eigenvalue weighted by atomic mass is 10.3. The van der Waals surface area contributed by atoms with Gasteiger partial charge in [0.05, 0.1) is 18.6 Å². The summed E-state index contributed by atoms with van der Waals surface area (Å²) < 4.78 is 5.51. The minimum absolute atomic E-state index is 0.197. The number of nitrogens with one attached hydrogen (secondary N) is 1. The van der Waals surface area contributed by atoms with E-state index in [9.17, 15) is 0 Å². The van der Waals surface area contributed by atoms with E-state index in [2.05, 4.69) is 11.4 Å². The van der Waals surface area contributed by atoms with Gasteiger partial charge in [0.25, 0.3) is 0 Å². The van der Waals surface area contributed by atoms with E-state index < -0.39 is 0 Å². The first-order valence-electron chi connectivity index (χ1n) is 5.10. The molecule has 1 N–H and O–H groups in total. The lowest BCUT2D eigenvalue weighted by Crippen LogP contribution is -2.05. The van der Waals surface area contributed by atoms with Gasteiger partial charge < -0.3 is 10.1 Å². The van der Waals surface area contributed by atoms with Crippen LogP contribution in [0, 0.1) is 11.3 Å². The molecule has 0 amide bonds. The zero-order valence-electron chi connectivity index (χ0n) is 9.16. The van der Waals surface area contributed by atoms with E-state index in [4.69, 9.17) is 10.00 Å². The summed E-state index contributed by atoms with van der Waals surface area (Å²) in [5, 5.41) is 11.5. The van der Waals surface area contributed by atoms with Crippen LogP contribution < -0.4 is 10.1 Å². The summed E-state index contributed by atoms with van der Waals surface area (Å²) in [6.45, 7) is 4.68. The highest BCUT2D eigenvalue weighted by atomic mass is 16.5. The second-order valence-electron chi connectivity index (χ2n) is 3.53. The van der Waals surface area contributed by atoms with E-state index in [1.165, 1.54) is 0 Å². The first-order valence-corrected chi connectivity index (χ1v) is 5.10. The highest BCUT2D eigenvalue weighted by Gasteiger charge is 1.97. The molecule has 0 aliphatic rings. The predicted molar refractivity (Wildman–Crippen MR) is 60.9 cm³/mol. The van der Waals surface area contributed by atoms with Gasteiger partial charge >= 0.3 is 0 Å². The fraction of sp³-hybridized carbons (Fsp3) is 0.417. The van der Waals surface area contributed by atoms with Crippen LogP contribution in [0.5, 0.6) is 5.75 Å². The molecule has 0 radical (unpaired) electrons. The summed E-state index contributed by atoms with van der Waals surface area (Å²) in [6.07, 6.45) is 0.715. The van der Waals surface area contributed by atoms with Crippen LogP contribution in [0.25, 0.3) is 0 Å². The van der Waals surface area contributed by atoms with E-state index in [-0.39, 0.29) is 6.10 Å². The molecule has 1 aromatic rings. The molecule has 1 aromatic carbocycles. The number of benzene rings is 1. The van der Waals surface area contributed by atoms with Crippen LogP contribution in [0.1, 0.15) is 20.3 Å². The summed E-state index contributed by atoms with van der Waals surface area (Å²) in [7, 11) is 0. The minimum atomic E-state index is 0.197. The molecular weight excluding hydrogens is 188 g/mol. The van der Waals surface area contributed by atoms with Crippen molar-refractivity contribution in [3.05, 3.63) is 24.3 Å². The molecule has 0 fully saturated rings. The van der Waals surface area contributed by atoms with Gasteiger partial charge in [0.2, 0.25) is 0 Å². The first kappa shape index (κ1) is 11.4. The summed E-state index contributed by atoms with van der Waals surface area (Å²) in [4.78, 5) is 0. The fourth-order valence-corrected chi connectivity index (χ4v) is 1.19. The van der Waals surface area contributed by atoms with Crippen LogP contribution in [-0.2, 0) is 0 Å². The average molecular weight is 204 g/mol.